The van der Waals surface area contributed by atoms with E-state index >= 15 is 0 Å². The molecule has 2 aliphatic rings. The lowest BCUT2D eigenvalue weighted by atomic mass is 9.75. The van der Waals surface area contributed by atoms with Crippen LogP contribution in [0.25, 0.3) is 0 Å². The van der Waals surface area contributed by atoms with Gasteiger partial charge in [-0.05, 0) is 49.9 Å². The van der Waals surface area contributed by atoms with Gasteiger partial charge >= 0.3 is 0 Å². The second-order valence-corrected chi connectivity index (χ2v) is 8.15. The zero-order chi connectivity index (χ0) is 16.5. The van der Waals surface area contributed by atoms with E-state index in [4.69, 9.17) is 4.74 Å². The fraction of sp³-hybridized carbons (Fsp3) is 0.625. The molecule has 1 aromatic carbocycles. The first-order valence-electron chi connectivity index (χ1n) is 8.02. The van der Waals surface area contributed by atoms with E-state index in [2.05, 4.69) is 9.62 Å². The van der Waals surface area contributed by atoms with Gasteiger partial charge in [0.2, 0.25) is 10.0 Å². The van der Waals surface area contributed by atoms with Crippen molar-refractivity contribution < 1.29 is 17.5 Å². The topological polar surface area (TPSA) is 58.6 Å². The molecule has 5 nitrogen and oxygen atoms in total. The molecule has 1 aliphatic carbocycles. The summed E-state index contributed by atoms with van der Waals surface area (Å²) in [6.45, 7) is 5.09. The molecule has 0 radical (unpaired) electrons. The summed E-state index contributed by atoms with van der Waals surface area (Å²) in [7, 11) is -3.63. The molecule has 0 spiro atoms. The summed E-state index contributed by atoms with van der Waals surface area (Å²) < 4.78 is 46.4. The largest absolute Gasteiger partial charge is 0.379 e. The van der Waals surface area contributed by atoms with Gasteiger partial charge in [0.1, 0.15) is 5.82 Å². The van der Waals surface area contributed by atoms with Crippen molar-refractivity contribution in [1.82, 2.24) is 9.62 Å². The molecule has 3 rings (SSSR count). The lowest BCUT2D eigenvalue weighted by Crippen LogP contribution is -2.62. The molecule has 2 fully saturated rings. The number of halogens is 1. The number of hydrogen-bond donors (Lipinski definition) is 1. The number of ether oxygens (including phenoxy) is 1. The Morgan fingerprint density at radius 2 is 2.00 bits per heavy atom. The highest BCUT2D eigenvalue weighted by Crippen LogP contribution is 2.38. The summed E-state index contributed by atoms with van der Waals surface area (Å²) >= 11 is 0. The molecule has 1 saturated heterocycles. The van der Waals surface area contributed by atoms with E-state index in [9.17, 15) is 12.8 Å². The number of hydrogen-bond acceptors (Lipinski definition) is 4. The number of aryl methyl sites for hydroxylation is 1. The molecular weight excluding hydrogens is 319 g/mol. The predicted octanol–water partition coefficient (Wildman–Crippen LogP) is 1.67. The van der Waals surface area contributed by atoms with Crippen molar-refractivity contribution in [1.29, 1.82) is 0 Å². The Balaban J connectivity index is 1.72. The maximum atomic E-state index is 13.2. The highest BCUT2D eigenvalue weighted by molar-refractivity contribution is 7.89. The first-order chi connectivity index (χ1) is 10.9. The number of nitrogens with zero attached hydrogens (tertiary/aromatic N) is 1. The first kappa shape index (κ1) is 16.8. The van der Waals surface area contributed by atoms with Crippen LogP contribution in [0, 0.1) is 12.7 Å². The summed E-state index contributed by atoms with van der Waals surface area (Å²) in [5, 5.41) is 0. The minimum absolute atomic E-state index is 0.0925. The van der Waals surface area contributed by atoms with E-state index in [1.54, 1.807) is 6.92 Å². The average molecular weight is 342 g/mol. The summed E-state index contributed by atoms with van der Waals surface area (Å²) in [4.78, 5) is 2.50. The lowest BCUT2D eigenvalue weighted by Gasteiger charge is -2.51. The van der Waals surface area contributed by atoms with Crippen molar-refractivity contribution >= 4 is 10.0 Å². The van der Waals surface area contributed by atoms with Gasteiger partial charge in [0.15, 0.2) is 0 Å². The van der Waals surface area contributed by atoms with Gasteiger partial charge in [-0.15, -0.1) is 0 Å². The van der Waals surface area contributed by atoms with Gasteiger partial charge in [0.05, 0.1) is 18.1 Å². The molecule has 0 aromatic heterocycles. The Morgan fingerprint density at radius 1 is 1.30 bits per heavy atom. The SMILES string of the molecule is Cc1cc(F)ccc1S(=O)(=O)NCC1(N2CCOCC2)CCC1. The quantitative estimate of drug-likeness (QED) is 0.884. The lowest BCUT2D eigenvalue weighted by molar-refractivity contribution is -0.0527. The second-order valence-electron chi connectivity index (χ2n) is 6.41. The third-order valence-electron chi connectivity index (χ3n) is 4.98. The van der Waals surface area contributed by atoms with Crippen molar-refractivity contribution in [3.8, 4) is 0 Å². The van der Waals surface area contributed by atoms with Crippen LogP contribution in [0.15, 0.2) is 23.1 Å². The summed E-state index contributed by atoms with van der Waals surface area (Å²) in [5.74, 6) is -0.426. The Labute approximate surface area is 136 Å². The molecule has 128 valence electrons. The van der Waals surface area contributed by atoms with Crippen LogP contribution in [-0.2, 0) is 14.8 Å². The third kappa shape index (κ3) is 3.42. The monoisotopic (exact) mass is 342 g/mol. The number of nitrogens with one attached hydrogen (secondary N) is 1. The van der Waals surface area contributed by atoms with Gasteiger partial charge in [0.25, 0.3) is 0 Å². The van der Waals surface area contributed by atoms with Gasteiger partial charge in [0, 0.05) is 25.2 Å². The van der Waals surface area contributed by atoms with Gasteiger partial charge in [-0.2, -0.15) is 0 Å². The summed E-state index contributed by atoms with van der Waals surface area (Å²) in [6.07, 6.45) is 3.12. The van der Waals surface area contributed by atoms with Gasteiger partial charge in [-0.1, -0.05) is 0 Å². The second kappa shape index (κ2) is 6.47. The van der Waals surface area contributed by atoms with E-state index in [0.29, 0.717) is 25.3 Å². The van der Waals surface area contributed by atoms with E-state index < -0.39 is 15.8 Å². The molecule has 23 heavy (non-hydrogen) atoms. The van der Waals surface area contributed by atoms with Crippen molar-refractivity contribution in [2.75, 3.05) is 32.8 Å². The van der Waals surface area contributed by atoms with Crippen LogP contribution in [-0.4, -0.2) is 51.7 Å². The molecule has 0 amide bonds. The number of morpholine rings is 1. The van der Waals surface area contributed by atoms with Crippen molar-refractivity contribution in [3.05, 3.63) is 29.6 Å². The van der Waals surface area contributed by atoms with Gasteiger partial charge < -0.3 is 4.74 Å². The maximum absolute atomic E-state index is 13.2. The molecule has 0 atom stereocenters. The minimum atomic E-state index is -3.63. The Kier molecular flexibility index (Phi) is 4.73. The Hall–Kier alpha value is -1.02. The van der Waals surface area contributed by atoms with Crippen LogP contribution >= 0.6 is 0 Å². The van der Waals surface area contributed by atoms with Gasteiger partial charge in [-0.25, -0.2) is 17.5 Å². The summed E-state index contributed by atoms with van der Waals surface area (Å²) in [5.41, 5.74) is 0.330. The Bertz CT molecular complexity index is 668. The number of benzene rings is 1. The molecule has 0 bridgehead atoms. The van der Waals surface area contributed by atoms with Gasteiger partial charge in [-0.3, -0.25) is 4.90 Å². The summed E-state index contributed by atoms with van der Waals surface area (Å²) in [6, 6.07) is 3.76. The van der Waals surface area contributed by atoms with Crippen molar-refractivity contribution in [2.24, 2.45) is 0 Å². The minimum Gasteiger partial charge on any atom is -0.379 e. The van der Waals surface area contributed by atoms with Crippen LogP contribution in [0.2, 0.25) is 0 Å². The Morgan fingerprint density at radius 3 is 2.57 bits per heavy atom. The molecule has 1 heterocycles. The molecular formula is C16H23FN2O3S. The third-order valence-corrected chi connectivity index (χ3v) is 6.55. The zero-order valence-corrected chi connectivity index (χ0v) is 14.2. The van der Waals surface area contributed by atoms with E-state index in [1.165, 1.54) is 18.2 Å². The molecule has 1 aromatic rings. The van der Waals surface area contributed by atoms with E-state index in [0.717, 1.165) is 32.4 Å². The van der Waals surface area contributed by atoms with E-state index in [-0.39, 0.29) is 10.4 Å². The number of rotatable bonds is 5. The van der Waals surface area contributed by atoms with Crippen molar-refractivity contribution in [3.63, 3.8) is 0 Å². The van der Waals surface area contributed by atoms with E-state index in [1.807, 2.05) is 0 Å². The van der Waals surface area contributed by atoms with Crippen LogP contribution in [0.4, 0.5) is 4.39 Å². The van der Waals surface area contributed by atoms with Crippen LogP contribution in [0.5, 0.6) is 0 Å². The normalized spacial score (nSPS) is 21.8. The fourth-order valence-electron chi connectivity index (χ4n) is 3.45. The highest BCUT2D eigenvalue weighted by atomic mass is 32.2. The molecule has 1 aliphatic heterocycles. The maximum Gasteiger partial charge on any atom is 0.240 e. The number of sulfonamides is 1. The van der Waals surface area contributed by atoms with Crippen molar-refractivity contribution in [2.45, 2.75) is 36.6 Å². The van der Waals surface area contributed by atoms with Crippen LogP contribution in [0.1, 0.15) is 24.8 Å². The molecule has 0 unspecified atom stereocenters. The molecule has 1 N–H and O–H groups in total. The zero-order valence-electron chi connectivity index (χ0n) is 13.3. The smallest absolute Gasteiger partial charge is 0.240 e. The molecule has 7 heteroatoms. The molecule has 1 saturated carbocycles. The average Bonchev–Trinajstić information content (AvgIpc) is 2.46. The standard InChI is InChI=1S/C16H23FN2O3S/c1-13-11-14(17)3-4-15(13)23(20,21)18-12-16(5-2-6-16)19-7-9-22-10-8-19/h3-4,11,18H,2,5-10,12H2,1H3. The highest BCUT2D eigenvalue weighted by Gasteiger charge is 2.43. The first-order valence-corrected chi connectivity index (χ1v) is 9.50. The fourth-order valence-corrected chi connectivity index (χ4v) is 4.79. The van der Waals surface area contributed by atoms with Crippen LogP contribution in [0.3, 0.4) is 0 Å². The predicted molar refractivity (Wildman–Crippen MR) is 85.3 cm³/mol. The van der Waals surface area contributed by atoms with Crippen LogP contribution < -0.4 is 4.72 Å².